The summed E-state index contributed by atoms with van der Waals surface area (Å²) >= 11 is 0. The van der Waals surface area contributed by atoms with Gasteiger partial charge >= 0.3 is 0 Å². The van der Waals surface area contributed by atoms with Gasteiger partial charge < -0.3 is 5.32 Å². The number of hydrogen-bond donors (Lipinski definition) is 1. The molecule has 1 amide bonds. The largest absolute Gasteiger partial charge is 0.310 e. The molecule has 2 unspecified atom stereocenters. The summed E-state index contributed by atoms with van der Waals surface area (Å²) in [6, 6.07) is 3.70. The van der Waals surface area contributed by atoms with Gasteiger partial charge in [-0.05, 0) is 30.7 Å². The first-order valence-electron chi connectivity index (χ1n) is 8.64. The smallest absolute Gasteiger partial charge is 0.252 e. The first-order valence-corrected chi connectivity index (χ1v) is 8.64. The maximum atomic E-state index is 12.6. The predicted molar refractivity (Wildman–Crippen MR) is 90.8 cm³/mol. The number of fused-ring (bicyclic) bond motifs is 1. The van der Waals surface area contributed by atoms with Crippen LogP contribution < -0.4 is 5.32 Å². The van der Waals surface area contributed by atoms with E-state index >= 15 is 0 Å². The van der Waals surface area contributed by atoms with Crippen LogP contribution in [-0.4, -0.2) is 25.7 Å². The quantitative estimate of drug-likeness (QED) is 0.941. The molecule has 6 heteroatoms. The number of aromatic nitrogens is 4. The number of carbonyl (C=O) groups is 1. The molecular formula is C18H23N5O. The molecule has 6 nitrogen and oxygen atoms in total. The highest BCUT2D eigenvalue weighted by molar-refractivity contribution is 5.94. The van der Waals surface area contributed by atoms with Gasteiger partial charge in [0.2, 0.25) is 5.91 Å². The van der Waals surface area contributed by atoms with Crippen molar-refractivity contribution in [3.63, 3.8) is 0 Å². The lowest BCUT2D eigenvalue weighted by molar-refractivity contribution is -0.118. The van der Waals surface area contributed by atoms with Gasteiger partial charge in [-0.3, -0.25) is 4.79 Å². The Bertz CT molecular complexity index is 751. The first kappa shape index (κ1) is 15.3. The molecule has 2 fully saturated rings. The summed E-state index contributed by atoms with van der Waals surface area (Å²) in [4.78, 5) is 21.2. The van der Waals surface area contributed by atoms with Crippen LogP contribution in [0.2, 0.25) is 0 Å². The normalized spacial score (nSPS) is 25.4. The van der Waals surface area contributed by atoms with E-state index in [1.165, 1.54) is 19.3 Å². The second-order valence-electron chi connectivity index (χ2n) is 7.90. The Morgan fingerprint density at radius 3 is 2.50 bits per heavy atom. The van der Waals surface area contributed by atoms with Gasteiger partial charge in [0.15, 0.2) is 0 Å². The van der Waals surface area contributed by atoms with E-state index in [2.05, 4.69) is 41.2 Å². The highest BCUT2D eigenvalue weighted by atomic mass is 16.2. The minimum atomic E-state index is -0.115. The van der Waals surface area contributed by atoms with Crippen molar-refractivity contribution in [2.24, 2.45) is 17.8 Å². The number of carbonyl (C=O) groups excluding carboxylic acids is 1. The number of rotatable bonds is 3. The maximum Gasteiger partial charge on any atom is 0.252 e. The number of amides is 1. The molecule has 1 N–H and O–H groups in total. The van der Waals surface area contributed by atoms with E-state index in [1.807, 2.05) is 6.07 Å². The lowest BCUT2D eigenvalue weighted by Gasteiger charge is -2.13. The number of nitrogens with one attached hydrogen (secondary N) is 1. The SMILES string of the molecule is CC(C)(C)c1cc(NC(=O)C2C3CCCC32)n(-c2ncccn2)n1. The zero-order chi connectivity index (χ0) is 16.9. The third-order valence-electron chi connectivity index (χ3n) is 5.18. The standard InChI is InChI=1S/C18H23N5O/c1-18(2,3)13-10-14(23(22-13)17-19-8-5-9-20-17)21-16(24)15-11-6-4-7-12(11)15/h5,8-12,15H,4,6-7H2,1-3H3,(H,21,24). The monoisotopic (exact) mass is 325 g/mol. The van der Waals surface area contributed by atoms with Crippen LogP contribution in [0.4, 0.5) is 5.82 Å². The van der Waals surface area contributed by atoms with Gasteiger partial charge in [-0.2, -0.15) is 9.78 Å². The fraction of sp³-hybridized carbons (Fsp3) is 0.556. The van der Waals surface area contributed by atoms with Crippen molar-refractivity contribution in [3.8, 4) is 5.95 Å². The third kappa shape index (κ3) is 2.60. The van der Waals surface area contributed by atoms with Crippen molar-refractivity contribution < 1.29 is 4.79 Å². The molecule has 0 radical (unpaired) electrons. The fourth-order valence-corrected chi connectivity index (χ4v) is 3.81. The molecule has 2 saturated carbocycles. The molecule has 0 aromatic carbocycles. The maximum absolute atomic E-state index is 12.6. The van der Waals surface area contributed by atoms with Crippen LogP contribution in [0, 0.1) is 17.8 Å². The summed E-state index contributed by atoms with van der Waals surface area (Å²) in [5.74, 6) is 2.60. The Morgan fingerprint density at radius 1 is 1.21 bits per heavy atom. The summed E-state index contributed by atoms with van der Waals surface area (Å²) in [5, 5.41) is 7.71. The van der Waals surface area contributed by atoms with Crippen molar-refractivity contribution >= 4 is 11.7 Å². The van der Waals surface area contributed by atoms with Gasteiger partial charge in [0.25, 0.3) is 5.95 Å². The molecule has 2 aliphatic carbocycles. The molecule has 0 spiro atoms. The van der Waals surface area contributed by atoms with Gasteiger partial charge in [-0.25, -0.2) is 9.97 Å². The number of nitrogens with zero attached hydrogens (tertiary/aromatic N) is 4. The van der Waals surface area contributed by atoms with Gasteiger partial charge in [-0.15, -0.1) is 0 Å². The summed E-state index contributed by atoms with van der Waals surface area (Å²) in [6.07, 6.45) is 7.01. The van der Waals surface area contributed by atoms with Gasteiger partial charge in [-0.1, -0.05) is 27.2 Å². The van der Waals surface area contributed by atoms with Gasteiger partial charge in [0.05, 0.1) is 5.69 Å². The fourth-order valence-electron chi connectivity index (χ4n) is 3.81. The van der Waals surface area contributed by atoms with Crippen LogP contribution >= 0.6 is 0 Å². The highest BCUT2D eigenvalue weighted by Gasteiger charge is 2.56. The van der Waals surface area contributed by atoms with Crippen LogP contribution in [0.25, 0.3) is 5.95 Å². The van der Waals surface area contributed by atoms with Crippen LogP contribution in [0.1, 0.15) is 45.7 Å². The van der Waals surface area contributed by atoms with Crippen LogP contribution in [0.3, 0.4) is 0 Å². The lowest BCUT2D eigenvalue weighted by Crippen LogP contribution is -2.19. The average molecular weight is 325 g/mol. The van der Waals surface area contributed by atoms with Gasteiger partial charge in [0, 0.05) is 29.8 Å². The molecule has 0 aliphatic heterocycles. The van der Waals surface area contributed by atoms with Crippen LogP contribution in [0.5, 0.6) is 0 Å². The van der Waals surface area contributed by atoms with Gasteiger partial charge in [0.1, 0.15) is 5.82 Å². The molecular weight excluding hydrogens is 302 g/mol. The Hall–Kier alpha value is -2.24. The minimum Gasteiger partial charge on any atom is -0.310 e. The summed E-state index contributed by atoms with van der Waals surface area (Å²) in [6.45, 7) is 6.30. The molecule has 24 heavy (non-hydrogen) atoms. The third-order valence-corrected chi connectivity index (χ3v) is 5.18. The highest BCUT2D eigenvalue weighted by Crippen LogP contribution is 2.57. The molecule has 4 rings (SSSR count). The molecule has 2 aromatic rings. The Balaban J connectivity index is 1.63. The lowest BCUT2D eigenvalue weighted by atomic mass is 9.92. The Morgan fingerprint density at radius 2 is 1.88 bits per heavy atom. The van der Waals surface area contributed by atoms with Crippen LogP contribution in [-0.2, 0) is 10.2 Å². The van der Waals surface area contributed by atoms with E-state index in [9.17, 15) is 4.79 Å². The van der Waals surface area contributed by atoms with E-state index in [0.717, 1.165) is 5.69 Å². The second-order valence-corrected chi connectivity index (χ2v) is 7.90. The number of hydrogen-bond acceptors (Lipinski definition) is 4. The molecule has 0 bridgehead atoms. The minimum absolute atomic E-state index is 0.113. The van der Waals surface area contributed by atoms with Crippen LogP contribution in [0.15, 0.2) is 24.5 Å². The van der Waals surface area contributed by atoms with Crippen molar-refractivity contribution in [3.05, 3.63) is 30.2 Å². The zero-order valence-corrected chi connectivity index (χ0v) is 14.4. The topological polar surface area (TPSA) is 72.7 Å². The van der Waals surface area contributed by atoms with E-state index in [0.29, 0.717) is 23.6 Å². The summed E-state index contributed by atoms with van der Waals surface area (Å²) in [5.41, 5.74) is 0.788. The van der Waals surface area contributed by atoms with Crippen molar-refractivity contribution in [1.82, 2.24) is 19.7 Å². The first-order chi connectivity index (χ1) is 11.4. The molecule has 2 heterocycles. The van der Waals surface area contributed by atoms with E-state index in [4.69, 9.17) is 0 Å². The molecule has 2 aliphatic rings. The van der Waals surface area contributed by atoms with Crippen molar-refractivity contribution in [1.29, 1.82) is 0 Å². The average Bonchev–Trinajstić information content (AvgIpc) is 2.90. The second kappa shape index (κ2) is 5.40. The van der Waals surface area contributed by atoms with E-state index < -0.39 is 0 Å². The predicted octanol–water partition coefficient (Wildman–Crippen LogP) is 2.94. The van der Waals surface area contributed by atoms with Crippen molar-refractivity contribution in [2.45, 2.75) is 45.4 Å². The van der Waals surface area contributed by atoms with E-state index in [-0.39, 0.29) is 17.2 Å². The van der Waals surface area contributed by atoms with Crippen molar-refractivity contribution in [2.75, 3.05) is 5.32 Å². The zero-order valence-electron chi connectivity index (χ0n) is 14.4. The Kier molecular flexibility index (Phi) is 3.44. The molecule has 2 atom stereocenters. The molecule has 2 aromatic heterocycles. The molecule has 0 saturated heterocycles. The number of anilines is 1. The molecule has 126 valence electrons. The summed E-state index contributed by atoms with van der Waals surface area (Å²) < 4.78 is 1.64. The Labute approximate surface area is 141 Å². The van der Waals surface area contributed by atoms with E-state index in [1.54, 1.807) is 23.1 Å². The summed E-state index contributed by atoms with van der Waals surface area (Å²) in [7, 11) is 0.